The Kier molecular flexibility index (Phi) is 3.52. The van der Waals surface area contributed by atoms with Crippen LogP contribution >= 0.6 is 11.8 Å². The molecule has 0 aromatic carbocycles. The van der Waals surface area contributed by atoms with Gasteiger partial charge in [0.2, 0.25) is 0 Å². The molecule has 0 bridgehead atoms. The van der Waals surface area contributed by atoms with Crippen molar-refractivity contribution in [2.24, 2.45) is 11.7 Å². The van der Waals surface area contributed by atoms with Gasteiger partial charge in [-0.3, -0.25) is 4.90 Å². The molecule has 2 nitrogen and oxygen atoms in total. The standard InChI is InChI=1S/C10H20N2S/c11-7-9-1-4-12(5-2-9)10-3-6-13-8-10/h9-10H,1-8,11H2. The van der Waals surface area contributed by atoms with Gasteiger partial charge in [0, 0.05) is 11.8 Å². The van der Waals surface area contributed by atoms with Gasteiger partial charge in [-0.1, -0.05) is 0 Å². The average molecular weight is 200 g/mol. The predicted octanol–water partition coefficient (Wildman–Crippen LogP) is 1.16. The summed E-state index contributed by atoms with van der Waals surface area (Å²) < 4.78 is 0. The van der Waals surface area contributed by atoms with Gasteiger partial charge in [-0.2, -0.15) is 11.8 Å². The fourth-order valence-electron chi connectivity index (χ4n) is 2.36. The lowest BCUT2D eigenvalue weighted by molar-refractivity contribution is 0.146. The Morgan fingerprint density at radius 3 is 2.54 bits per heavy atom. The molecule has 2 fully saturated rings. The molecule has 2 heterocycles. The normalized spacial score (nSPS) is 32.5. The summed E-state index contributed by atoms with van der Waals surface area (Å²) in [4.78, 5) is 2.69. The maximum absolute atomic E-state index is 5.68. The largest absolute Gasteiger partial charge is 0.330 e. The first-order chi connectivity index (χ1) is 6.40. The van der Waals surface area contributed by atoms with Crippen LogP contribution in [-0.4, -0.2) is 42.1 Å². The summed E-state index contributed by atoms with van der Waals surface area (Å²) in [5.41, 5.74) is 5.68. The fourth-order valence-corrected chi connectivity index (χ4v) is 3.62. The van der Waals surface area contributed by atoms with Crippen LogP contribution in [0.25, 0.3) is 0 Å². The molecule has 2 N–H and O–H groups in total. The third-order valence-corrected chi connectivity index (χ3v) is 4.55. The van der Waals surface area contributed by atoms with Gasteiger partial charge in [0.25, 0.3) is 0 Å². The van der Waals surface area contributed by atoms with Gasteiger partial charge in [0.1, 0.15) is 0 Å². The van der Waals surface area contributed by atoms with E-state index in [2.05, 4.69) is 16.7 Å². The Labute approximate surface area is 85.2 Å². The van der Waals surface area contributed by atoms with Gasteiger partial charge in [0.05, 0.1) is 0 Å². The maximum atomic E-state index is 5.68. The molecule has 1 atom stereocenters. The van der Waals surface area contributed by atoms with Crippen molar-refractivity contribution in [3.63, 3.8) is 0 Å². The van der Waals surface area contributed by atoms with E-state index in [1.807, 2.05) is 0 Å². The van der Waals surface area contributed by atoms with E-state index in [9.17, 15) is 0 Å². The summed E-state index contributed by atoms with van der Waals surface area (Å²) in [6.45, 7) is 3.49. The summed E-state index contributed by atoms with van der Waals surface area (Å²) in [6, 6.07) is 0.892. The van der Waals surface area contributed by atoms with Crippen molar-refractivity contribution in [1.29, 1.82) is 0 Å². The molecule has 0 aromatic rings. The topological polar surface area (TPSA) is 29.3 Å². The van der Waals surface area contributed by atoms with Crippen LogP contribution in [-0.2, 0) is 0 Å². The molecule has 0 saturated carbocycles. The van der Waals surface area contributed by atoms with E-state index in [0.29, 0.717) is 0 Å². The number of nitrogens with two attached hydrogens (primary N) is 1. The van der Waals surface area contributed by atoms with Crippen molar-refractivity contribution < 1.29 is 0 Å². The molecule has 3 heteroatoms. The molecule has 2 aliphatic rings. The Bertz CT molecular complexity index is 149. The quantitative estimate of drug-likeness (QED) is 0.725. The van der Waals surface area contributed by atoms with Crippen molar-refractivity contribution >= 4 is 11.8 Å². The van der Waals surface area contributed by atoms with E-state index >= 15 is 0 Å². The SMILES string of the molecule is NCC1CCN(C2CCSC2)CC1. The molecule has 1 unspecified atom stereocenters. The van der Waals surface area contributed by atoms with Crippen LogP contribution < -0.4 is 5.73 Å². The second kappa shape index (κ2) is 4.67. The van der Waals surface area contributed by atoms with E-state index in [1.54, 1.807) is 0 Å². The summed E-state index contributed by atoms with van der Waals surface area (Å²) in [5.74, 6) is 3.56. The van der Waals surface area contributed by atoms with Gasteiger partial charge in [-0.05, 0) is 50.6 Å². The Hall–Kier alpha value is 0.270. The molecular weight excluding hydrogens is 180 g/mol. The van der Waals surface area contributed by atoms with Crippen LogP contribution in [0.2, 0.25) is 0 Å². The fraction of sp³-hybridized carbons (Fsp3) is 1.00. The number of likely N-dealkylation sites (tertiary alicyclic amines) is 1. The zero-order valence-corrected chi connectivity index (χ0v) is 9.06. The Balaban J connectivity index is 1.77. The number of nitrogens with zero attached hydrogens (tertiary/aromatic N) is 1. The smallest absolute Gasteiger partial charge is 0.0194 e. The number of thioether (sulfide) groups is 1. The van der Waals surface area contributed by atoms with E-state index < -0.39 is 0 Å². The predicted molar refractivity (Wildman–Crippen MR) is 59.1 cm³/mol. The molecule has 2 rings (SSSR count). The highest BCUT2D eigenvalue weighted by atomic mass is 32.2. The second-order valence-corrected chi connectivity index (χ2v) is 5.38. The summed E-state index contributed by atoms with van der Waals surface area (Å²) in [5, 5.41) is 0. The van der Waals surface area contributed by atoms with Crippen LogP contribution in [0.3, 0.4) is 0 Å². The summed E-state index contributed by atoms with van der Waals surface area (Å²) in [7, 11) is 0. The molecule has 13 heavy (non-hydrogen) atoms. The van der Waals surface area contributed by atoms with Crippen molar-refractivity contribution in [2.45, 2.75) is 25.3 Å². The summed E-state index contributed by atoms with van der Waals surface area (Å²) in [6.07, 6.45) is 4.08. The molecule has 76 valence electrons. The molecule has 2 aliphatic heterocycles. The molecule has 0 amide bonds. The van der Waals surface area contributed by atoms with Gasteiger partial charge < -0.3 is 5.73 Å². The van der Waals surface area contributed by atoms with Crippen molar-refractivity contribution in [2.75, 3.05) is 31.1 Å². The lowest BCUT2D eigenvalue weighted by atomic mass is 9.96. The van der Waals surface area contributed by atoms with E-state index in [0.717, 1.165) is 18.5 Å². The number of hydrogen-bond donors (Lipinski definition) is 1. The minimum Gasteiger partial charge on any atom is -0.330 e. The first kappa shape index (κ1) is 9.81. The minimum absolute atomic E-state index is 0.810. The van der Waals surface area contributed by atoms with Gasteiger partial charge in [0.15, 0.2) is 0 Å². The highest BCUT2D eigenvalue weighted by Gasteiger charge is 2.26. The van der Waals surface area contributed by atoms with Crippen LogP contribution in [0, 0.1) is 5.92 Å². The molecular formula is C10H20N2S. The van der Waals surface area contributed by atoms with Gasteiger partial charge in [-0.25, -0.2) is 0 Å². The highest BCUT2D eigenvalue weighted by molar-refractivity contribution is 7.99. The first-order valence-corrected chi connectivity index (χ1v) is 6.57. The number of hydrogen-bond acceptors (Lipinski definition) is 3. The molecule has 0 spiro atoms. The molecule has 2 saturated heterocycles. The van der Waals surface area contributed by atoms with Crippen LogP contribution in [0.4, 0.5) is 0 Å². The van der Waals surface area contributed by atoms with Crippen LogP contribution in [0.5, 0.6) is 0 Å². The molecule has 0 radical (unpaired) electrons. The zero-order valence-electron chi connectivity index (χ0n) is 8.24. The van der Waals surface area contributed by atoms with Gasteiger partial charge >= 0.3 is 0 Å². The lowest BCUT2D eigenvalue weighted by Crippen LogP contribution is -2.42. The number of rotatable bonds is 2. The second-order valence-electron chi connectivity index (χ2n) is 4.23. The van der Waals surface area contributed by atoms with E-state index in [4.69, 9.17) is 5.73 Å². The van der Waals surface area contributed by atoms with Gasteiger partial charge in [-0.15, -0.1) is 0 Å². The zero-order chi connectivity index (χ0) is 9.10. The Morgan fingerprint density at radius 1 is 1.23 bits per heavy atom. The monoisotopic (exact) mass is 200 g/mol. The average Bonchev–Trinajstić information content (AvgIpc) is 2.71. The lowest BCUT2D eigenvalue weighted by Gasteiger charge is -2.35. The van der Waals surface area contributed by atoms with Crippen molar-refractivity contribution in [3.8, 4) is 0 Å². The molecule has 0 aliphatic carbocycles. The van der Waals surface area contributed by atoms with Crippen LogP contribution in [0.1, 0.15) is 19.3 Å². The third kappa shape index (κ3) is 2.39. The van der Waals surface area contributed by atoms with Crippen LogP contribution in [0.15, 0.2) is 0 Å². The first-order valence-electron chi connectivity index (χ1n) is 5.42. The number of piperidine rings is 1. The van der Waals surface area contributed by atoms with Crippen molar-refractivity contribution in [3.05, 3.63) is 0 Å². The maximum Gasteiger partial charge on any atom is 0.0194 e. The minimum atomic E-state index is 0.810. The molecule has 0 aromatic heterocycles. The van der Waals surface area contributed by atoms with Crippen molar-refractivity contribution in [1.82, 2.24) is 4.90 Å². The van der Waals surface area contributed by atoms with E-state index in [-0.39, 0.29) is 0 Å². The third-order valence-electron chi connectivity index (χ3n) is 3.40. The summed E-state index contributed by atoms with van der Waals surface area (Å²) >= 11 is 2.12. The highest BCUT2D eigenvalue weighted by Crippen LogP contribution is 2.26. The Morgan fingerprint density at radius 2 is 2.00 bits per heavy atom. The van der Waals surface area contributed by atoms with E-state index in [1.165, 1.54) is 43.9 Å².